The lowest BCUT2D eigenvalue weighted by molar-refractivity contribution is -0.117. The van der Waals surface area contributed by atoms with Crippen LogP contribution in [0.5, 0.6) is 5.75 Å². The summed E-state index contributed by atoms with van der Waals surface area (Å²) in [6.45, 7) is 1.91. The van der Waals surface area contributed by atoms with E-state index in [1.807, 2.05) is 0 Å². The summed E-state index contributed by atoms with van der Waals surface area (Å²) in [5.74, 6) is -1.25. The minimum atomic E-state index is -0.622. The normalized spacial score (nSPS) is 10.1. The maximum atomic E-state index is 13.4. The molecule has 1 N–H and O–H groups in total. The van der Waals surface area contributed by atoms with E-state index in [4.69, 9.17) is 0 Å². The molecular formula is C12H15F2NO2. The van der Waals surface area contributed by atoms with Crippen LogP contribution in [-0.4, -0.2) is 19.4 Å². The van der Waals surface area contributed by atoms with E-state index in [-0.39, 0.29) is 17.2 Å². The average molecular weight is 243 g/mol. The number of hydrogen-bond donors (Lipinski definition) is 1. The first kappa shape index (κ1) is 13.4. The van der Waals surface area contributed by atoms with Crippen LogP contribution in [0.2, 0.25) is 0 Å². The highest BCUT2D eigenvalue weighted by Gasteiger charge is 2.09. The van der Waals surface area contributed by atoms with Crippen molar-refractivity contribution in [1.82, 2.24) is 0 Å². The molecule has 17 heavy (non-hydrogen) atoms. The molecular weight excluding hydrogens is 228 g/mol. The Hall–Kier alpha value is -1.65. The highest BCUT2D eigenvalue weighted by Crippen LogP contribution is 2.24. The van der Waals surface area contributed by atoms with Crippen LogP contribution in [-0.2, 0) is 4.79 Å². The molecule has 0 atom stereocenters. The van der Waals surface area contributed by atoms with Gasteiger partial charge in [0.15, 0.2) is 11.6 Å². The molecule has 0 saturated carbocycles. The molecule has 0 unspecified atom stereocenters. The smallest absolute Gasteiger partial charge is 0.167 e. The molecule has 94 valence electrons. The van der Waals surface area contributed by atoms with Gasteiger partial charge < -0.3 is 14.8 Å². The largest absolute Gasteiger partial charge is 0.494 e. The third kappa shape index (κ3) is 4.01. The van der Waals surface area contributed by atoms with Crippen LogP contribution in [0, 0.1) is 11.6 Å². The molecule has 0 aliphatic rings. The highest BCUT2D eigenvalue weighted by molar-refractivity contribution is 5.75. The van der Waals surface area contributed by atoms with Crippen molar-refractivity contribution in [3.8, 4) is 5.75 Å². The number of Topliss-reactive ketones (excluding diaryl/α,β-unsaturated/α-hetero) is 1. The Kier molecular flexibility index (Phi) is 4.87. The Bertz CT molecular complexity index is 408. The Labute approximate surface area is 98.8 Å². The lowest BCUT2D eigenvalue weighted by Gasteiger charge is -2.09. The molecule has 0 radical (unpaired) electrons. The van der Waals surface area contributed by atoms with E-state index in [0.29, 0.717) is 19.4 Å². The van der Waals surface area contributed by atoms with Crippen LogP contribution in [0.25, 0.3) is 0 Å². The van der Waals surface area contributed by atoms with Crippen molar-refractivity contribution in [2.75, 3.05) is 19.0 Å². The fraction of sp³-hybridized carbons (Fsp3) is 0.417. The van der Waals surface area contributed by atoms with E-state index >= 15 is 0 Å². The lowest BCUT2D eigenvalue weighted by Crippen LogP contribution is -2.06. The number of rotatable bonds is 6. The SMILES string of the molecule is COc1cc(F)c(NCCCC(C)=O)cc1F. The number of ether oxygens (including phenoxy) is 1. The Morgan fingerprint density at radius 2 is 2.06 bits per heavy atom. The first-order valence-electron chi connectivity index (χ1n) is 5.31. The van der Waals surface area contributed by atoms with Gasteiger partial charge in [0.1, 0.15) is 11.6 Å². The van der Waals surface area contributed by atoms with Crippen LogP contribution in [0.1, 0.15) is 19.8 Å². The van der Waals surface area contributed by atoms with Crippen LogP contribution in [0.4, 0.5) is 14.5 Å². The minimum Gasteiger partial charge on any atom is -0.494 e. The number of hydrogen-bond acceptors (Lipinski definition) is 3. The minimum absolute atomic E-state index is 0.0758. The van der Waals surface area contributed by atoms with Crippen molar-refractivity contribution in [3.05, 3.63) is 23.8 Å². The molecule has 0 fully saturated rings. The summed E-state index contributed by atoms with van der Waals surface area (Å²) in [5.41, 5.74) is 0.0758. The topological polar surface area (TPSA) is 38.3 Å². The number of methoxy groups -OCH3 is 1. The van der Waals surface area contributed by atoms with Gasteiger partial charge in [-0.2, -0.15) is 0 Å². The first-order valence-corrected chi connectivity index (χ1v) is 5.31. The first-order chi connectivity index (χ1) is 8.04. The molecule has 0 aromatic heterocycles. The van der Waals surface area contributed by atoms with Gasteiger partial charge in [0.25, 0.3) is 0 Å². The van der Waals surface area contributed by atoms with Crippen LogP contribution in [0.15, 0.2) is 12.1 Å². The molecule has 3 nitrogen and oxygen atoms in total. The molecule has 0 spiro atoms. The zero-order valence-electron chi connectivity index (χ0n) is 9.85. The Morgan fingerprint density at radius 1 is 1.35 bits per heavy atom. The number of benzene rings is 1. The number of halogens is 2. The molecule has 0 aliphatic carbocycles. The van der Waals surface area contributed by atoms with E-state index in [2.05, 4.69) is 10.1 Å². The summed E-state index contributed by atoms with van der Waals surface area (Å²) in [7, 11) is 1.28. The van der Waals surface area contributed by atoms with Crippen molar-refractivity contribution in [3.63, 3.8) is 0 Å². The van der Waals surface area contributed by atoms with Crippen molar-refractivity contribution in [1.29, 1.82) is 0 Å². The molecule has 0 saturated heterocycles. The predicted octanol–water partition coefficient (Wildman–Crippen LogP) is 2.75. The van der Waals surface area contributed by atoms with Gasteiger partial charge in [-0.15, -0.1) is 0 Å². The lowest BCUT2D eigenvalue weighted by atomic mass is 10.2. The number of carbonyl (C=O) groups is 1. The summed E-state index contributed by atoms with van der Waals surface area (Å²) in [4.78, 5) is 10.7. The maximum Gasteiger partial charge on any atom is 0.167 e. The van der Waals surface area contributed by atoms with Gasteiger partial charge in [-0.05, 0) is 13.3 Å². The van der Waals surface area contributed by atoms with Crippen molar-refractivity contribution < 1.29 is 18.3 Å². The maximum absolute atomic E-state index is 13.4. The highest BCUT2D eigenvalue weighted by atomic mass is 19.1. The molecule has 1 aromatic rings. The van der Waals surface area contributed by atoms with E-state index in [1.54, 1.807) is 0 Å². The summed E-state index contributed by atoms with van der Waals surface area (Å²) in [5, 5.41) is 2.74. The van der Waals surface area contributed by atoms with Gasteiger partial charge >= 0.3 is 0 Å². The van der Waals surface area contributed by atoms with E-state index in [9.17, 15) is 13.6 Å². The number of nitrogens with one attached hydrogen (secondary N) is 1. The summed E-state index contributed by atoms with van der Waals surface area (Å²) in [6.07, 6.45) is 1.01. The fourth-order valence-corrected chi connectivity index (χ4v) is 1.38. The fourth-order valence-electron chi connectivity index (χ4n) is 1.38. The summed E-state index contributed by atoms with van der Waals surface area (Å²) in [6, 6.07) is 2.03. The zero-order valence-corrected chi connectivity index (χ0v) is 9.85. The molecule has 0 bridgehead atoms. The molecule has 5 heteroatoms. The van der Waals surface area contributed by atoms with Crippen LogP contribution < -0.4 is 10.1 Å². The van der Waals surface area contributed by atoms with Crippen LogP contribution >= 0.6 is 0 Å². The third-order valence-electron chi connectivity index (χ3n) is 2.26. The van der Waals surface area contributed by atoms with Gasteiger partial charge in [-0.3, -0.25) is 0 Å². The third-order valence-corrected chi connectivity index (χ3v) is 2.26. The van der Waals surface area contributed by atoms with Gasteiger partial charge in [0, 0.05) is 25.1 Å². The predicted molar refractivity (Wildman–Crippen MR) is 61.3 cm³/mol. The standard InChI is InChI=1S/C12H15F2NO2/c1-8(16)4-3-5-15-11-6-10(14)12(17-2)7-9(11)13/h6-7,15H,3-5H2,1-2H3. The van der Waals surface area contributed by atoms with E-state index < -0.39 is 11.6 Å². The van der Waals surface area contributed by atoms with Crippen LogP contribution in [0.3, 0.4) is 0 Å². The average Bonchev–Trinajstić information content (AvgIpc) is 2.28. The number of ketones is 1. The Morgan fingerprint density at radius 3 is 2.65 bits per heavy atom. The summed E-state index contributed by atoms with van der Waals surface area (Å²) >= 11 is 0. The molecule has 1 aromatic carbocycles. The van der Waals surface area contributed by atoms with E-state index in [0.717, 1.165) is 12.1 Å². The molecule has 0 amide bonds. The molecule has 1 rings (SSSR count). The van der Waals surface area contributed by atoms with Gasteiger partial charge in [0.2, 0.25) is 0 Å². The Balaban J connectivity index is 2.59. The van der Waals surface area contributed by atoms with Gasteiger partial charge in [-0.25, -0.2) is 8.78 Å². The van der Waals surface area contributed by atoms with Crippen molar-refractivity contribution in [2.24, 2.45) is 0 Å². The second-order valence-corrected chi connectivity index (χ2v) is 3.70. The van der Waals surface area contributed by atoms with Gasteiger partial charge in [-0.1, -0.05) is 0 Å². The number of carbonyl (C=O) groups excluding carboxylic acids is 1. The van der Waals surface area contributed by atoms with Crippen molar-refractivity contribution >= 4 is 11.5 Å². The molecule has 0 aliphatic heterocycles. The monoisotopic (exact) mass is 243 g/mol. The quantitative estimate of drug-likeness (QED) is 0.781. The molecule has 0 heterocycles. The second kappa shape index (κ2) is 6.18. The van der Waals surface area contributed by atoms with Crippen molar-refractivity contribution in [2.45, 2.75) is 19.8 Å². The number of anilines is 1. The second-order valence-electron chi connectivity index (χ2n) is 3.70. The zero-order chi connectivity index (χ0) is 12.8. The summed E-state index contributed by atoms with van der Waals surface area (Å²) < 4.78 is 31.4. The van der Waals surface area contributed by atoms with E-state index in [1.165, 1.54) is 14.0 Å². The van der Waals surface area contributed by atoms with Gasteiger partial charge in [0.05, 0.1) is 12.8 Å².